The van der Waals surface area contributed by atoms with E-state index in [-0.39, 0.29) is 29.6 Å². The molecular weight excluding hydrogens is 339 g/mol. The van der Waals surface area contributed by atoms with Crippen molar-refractivity contribution in [3.05, 3.63) is 77.1 Å². The summed E-state index contributed by atoms with van der Waals surface area (Å²) in [5.74, 6) is -0.474. The predicted molar refractivity (Wildman–Crippen MR) is 91.0 cm³/mol. The summed E-state index contributed by atoms with van der Waals surface area (Å²) >= 11 is 0. The molecule has 7 nitrogen and oxygen atoms in total. The molecule has 0 aliphatic carbocycles. The second-order valence-corrected chi connectivity index (χ2v) is 5.49. The van der Waals surface area contributed by atoms with Gasteiger partial charge in [0, 0.05) is 12.6 Å². The van der Waals surface area contributed by atoms with E-state index in [1.54, 1.807) is 31.2 Å². The summed E-state index contributed by atoms with van der Waals surface area (Å²) in [6.45, 7) is 1.92. The third-order valence-corrected chi connectivity index (χ3v) is 3.45. The topological polar surface area (TPSA) is 97.1 Å². The standard InChI is InChI=1S/C18H15FN4O3/c1-11-9-16(23-26-11)22-18(25)15-4-2-3-14(21-15)17(24)20-10-12-5-7-13(19)8-6-12/h2-9H,10H2,1H3,(H,20,24)(H,22,23,25). The van der Waals surface area contributed by atoms with Crippen molar-refractivity contribution in [3.8, 4) is 0 Å². The quantitative estimate of drug-likeness (QED) is 0.734. The largest absolute Gasteiger partial charge is 0.360 e. The molecule has 1 aromatic carbocycles. The summed E-state index contributed by atoms with van der Waals surface area (Å²) < 4.78 is 17.8. The molecule has 0 saturated carbocycles. The van der Waals surface area contributed by atoms with Crippen molar-refractivity contribution < 1.29 is 18.5 Å². The number of rotatable bonds is 5. The molecule has 0 fully saturated rings. The van der Waals surface area contributed by atoms with Crippen LogP contribution in [-0.4, -0.2) is 22.0 Å². The Bertz CT molecular complexity index is 938. The van der Waals surface area contributed by atoms with Crippen LogP contribution in [-0.2, 0) is 6.54 Å². The Morgan fingerprint density at radius 2 is 1.77 bits per heavy atom. The highest BCUT2D eigenvalue weighted by molar-refractivity contribution is 6.03. The molecule has 3 aromatic rings. The second-order valence-electron chi connectivity index (χ2n) is 5.49. The van der Waals surface area contributed by atoms with Crippen LogP contribution < -0.4 is 10.6 Å². The summed E-state index contributed by atoms with van der Waals surface area (Å²) in [4.78, 5) is 28.5. The summed E-state index contributed by atoms with van der Waals surface area (Å²) in [6, 6.07) is 11.9. The zero-order valence-electron chi connectivity index (χ0n) is 13.8. The van der Waals surface area contributed by atoms with Gasteiger partial charge in [-0.05, 0) is 36.8 Å². The number of aromatic nitrogens is 2. The van der Waals surface area contributed by atoms with Crippen molar-refractivity contribution in [2.24, 2.45) is 0 Å². The fourth-order valence-corrected chi connectivity index (χ4v) is 2.17. The Kier molecular flexibility index (Phi) is 5.02. The first kappa shape index (κ1) is 17.3. The minimum absolute atomic E-state index is 0.0695. The monoisotopic (exact) mass is 354 g/mol. The Morgan fingerprint density at radius 3 is 2.42 bits per heavy atom. The molecule has 0 saturated heterocycles. The van der Waals surface area contributed by atoms with Crippen molar-refractivity contribution in [2.75, 3.05) is 5.32 Å². The molecule has 0 unspecified atom stereocenters. The number of benzene rings is 1. The van der Waals surface area contributed by atoms with Crippen molar-refractivity contribution in [1.82, 2.24) is 15.5 Å². The second kappa shape index (κ2) is 7.56. The van der Waals surface area contributed by atoms with E-state index in [4.69, 9.17) is 4.52 Å². The van der Waals surface area contributed by atoms with Gasteiger partial charge in [0.15, 0.2) is 5.82 Å². The van der Waals surface area contributed by atoms with Crippen molar-refractivity contribution in [2.45, 2.75) is 13.5 Å². The smallest absolute Gasteiger partial charge is 0.275 e. The molecule has 3 rings (SSSR count). The van der Waals surface area contributed by atoms with Crippen LogP contribution in [0.1, 0.15) is 32.3 Å². The van der Waals surface area contributed by atoms with Crippen LogP contribution in [0.4, 0.5) is 10.2 Å². The lowest BCUT2D eigenvalue weighted by Gasteiger charge is -2.06. The maximum Gasteiger partial charge on any atom is 0.275 e. The lowest BCUT2D eigenvalue weighted by Crippen LogP contribution is -2.25. The van der Waals surface area contributed by atoms with Gasteiger partial charge in [-0.25, -0.2) is 9.37 Å². The molecule has 0 aliphatic heterocycles. The highest BCUT2D eigenvalue weighted by Crippen LogP contribution is 2.09. The minimum atomic E-state index is -0.508. The van der Waals surface area contributed by atoms with Crippen LogP contribution in [0.15, 0.2) is 53.1 Å². The third-order valence-electron chi connectivity index (χ3n) is 3.45. The number of carbonyl (C=O) groups is 2. The lowest BCUT2D eigenvalue weighted by molar-refractivity contribution is 0.0945. The summed E-state index contributed by atoms with van der Waals surface area (Å²) in [6.07, 6.45) is 0. The Labute approximate surface area is 148 Å². The number of hydrogen-bond acceptors (Lipinski definition) is 5. The van der Waals surface area contributed by atoms with Gasteiger partial charge in [0.1, 0.15) is 23.0 Å². The first-order chi connectivity index (χ1) is 12.5. The molecule has 2 heterocycles. The maximum atomic E-state index is 12.9. The first-order valence-corrected chi connectivity index (χ1v) is 7.75. The van der Waals surface area contributed by atoms with E-state index < -0.39 is 11.8 Å². The van der Waals surface area contributed by atoms with Crippen molar-refractivity contribution >= 4 is 17.6 Å². The van der Waals surface area contributed by atoms with Crippen LogP contribution in [0.5, 0.6) is 0 Å². The first-order valence-electron chi connectivity index (χ1n) is 7.75. The molecule has 0 bridgehead atoms. The Hall–Kier alpha value is -3.55. The SMILES string of the molecule is Cc1cc(NC(=O)c2cccc(C(=O)NCc3ccc(F)cc3)n2)no1. The molecule has 0 atom stereocenters. The number of carbonyl (C=O) groups excluding carboxylic acids is 2. The van der Waals surface area contributed by atoms with Crippen LogP contribution in [0, 0.1) is 12.7 Å². The van der Waals surface area contributed by atoms with Crippen molar-refractivity contribution in [3.63, 3.8) is 0 Å². The minimum Gasteiger partial charge on any atom is -0.360 e. The molecule has 132 valence electrons. The molecule has 0 spiro atoms. The summed E-state index contributed by atoms with van der Waals surface area (Å²) in [5, 5.41) is 8.87. The van der Waals surface area contributed by atoms with Gasteiger partial charge in [0.05, 0.1) is 0 Å². The number of aryl methyl sites for hydroxylation is 1. The average molecular weight is 354 g/mol. The highest BCUT2D eigenvalue weighted by Gasteiger charge is 2.14. The number of anilines is 1. The fraction of sp³-hybridized carbons (Fsp3) is 0.111. The van der Waals surface area contributed by atoms with Crippen LogP contribution >= 0.6 is 0 Å². The molecule has 8 heteroatoms. The molecule has 2 amide bonds. The van der Waals surface area contributed by atoms with Gasteiger partial charge < -0.3 is 15.2 Å². The highest BCUT2D eigenvalue weighted by atomic mass is 19.1. The zero-order chi connectivity index (χ0) is 18.5. The number of nitrogens with zero attached hydrogens (tertiary/aromatic N) is 2. The number of halogens is 1. The molecule has 2 N–H and O–H groups in total. The van der Waals surface area contributed by atoms with Gasteiger partial charge in [0.2, 0.25) is 0 Å². The van der Waals surface area contributed by atoms with Gasteiger partial charge >= 0.3 is 0 Å². The van der Waals surface area contributed by atoms with Gasteiger partial charge in [-0.1, -0.05) is 23.4 Å². The number of pyridine rings is 1. The summed E-state index contributed by atoms with van der Waals surface area (Å²) in [7, 11) is 0. The number of hydrogen-bond donors (Lipinski definition) is 2. The van der Waals surface area contributed by atoms with Gasteiger partial charge in [-0.15, -0.1) is 0 Å². The molecule has 0 aliphatic rings. The zero-order valence-corrected chi connectivity index (χ0v) is 13.8. The summed E-state index contributed by atoms with van der Waals surface area (Å²) in [5.41, 5.74) is 0.909. The molecule has 2 aromatic heterocycles. The van der Waals surface area contributed by atoms with Crippen LogP contribution in [0.25, 0.3) is 0 Å². The van der Waals surface area contributed by atoms with E-state index in [9.17, 15) is 14.0 Å². The van der Waals surface area contributed by atoms with Crippen LogP contribution in [0.2, 0.25) is 0 Å². The third kappa shape index (κ3) is 4.29. The lowest BCUT2D eigenvalue weighted by atomic mass is 10.2. The maximum absolute atomic E-state index is 12.9. The van der Waals surface area contributed by atoms with E-state index in [1.165, 1.54) is 24.3 Å². The molecule has 26 heavy (non-hydrogen) atoms. The van der Waals surface area contributed by atoms with Crippen molar-refractivity contribution in [1.29, 1.82) is 0 Å². The molecule has 0 radical (unpaired) electrons. The van der Waals surface area contributed by atoms with E-state index in [2.05, 4.69) is 20.8 Å². The Morgan fingerprint density at radius 1 is 1.08 bits per heavy atom. The molecular formula is C18H15FN4O3. The van der Waals surface area contributed by atoms with E-state index in [0.29, 0.717) is 5.76 Å². The van der Waals surface area contributed by atoms with Gasteiger partial charge in [0.25, 0.3) is 11.8 Å². The van der Waals surface area contributed by atoms with Crippen LogP contribution in [0.3, 0.4) is 0 Å². The number of amides is 2. The van der Waals surface area contributed by atoms with E-state index in [1.807, 2.05) is 0 Å². The van der Waals surface area contributed by atoms with E-state index >= 15 is 0 Å². The predicted octanol–water partition coefficient (Wildman–Crippen LogP) is 2.70. The average Bonchev–Trinajstić information content (AvgIpc) is 3.05. The van der Waals surface area contributed by atoms with Gasteiger partial charge in [-0.3, -0.25) is 9.59 Å². The number of nitrogens with one attached hydrogen (secondary N) is 2. The van der Waals surface area contributed by atoms with Gasteiger partial charge in [-0.2, -0.15) is 0 Å². The fourth-order valence-electron chi connectivity index (χ4n) is 2.17. The normalized spacial score (nSPS) is 10.4. The Balaban J connectivity index is 1.64. The van der Waals surface area contributed by atoms with E-state index in [0.717, 1.165) is 5.56 Å².